The highest BCUT2D eigenvalue weighted by Gasteiger charge is 2.16. The summed E-state index contributed by atoms with van der Waals surface area (Å²) in [5.41, 5.74) is 0. The highest BCUT2D eigenvalue weighted by molar-refractivity contribution is 9.10. The summed E-state index contributed by atoms with van der Waals surface area (Å²) < 4.78 is 45.7. The molecule has 2 rings (SSSR count). The van der Waals surface area contributed by atoms with E-state index in [0.29, 0.717) is 16.8 Å². The molecule has 5 heteroatoms. The third kappa shape index (κ3) is 2.19. The Morgan fingerprint density at radius 2 is 1.83 bits per heavy atom. The normalized spacial score (nSPS) is 10.9. The van der Waals surface area contributed by atoms with Crippen molar-refractivity contribution in [3.63, 3.8) is 0 Å². The average molecular weight is 319 g/mol. The van der Waals surface area contributed by atoms with Gasteiger partial charge in [0.25, 0.3) is 0 Å². The molecule has 0 aliphatic heterocycles. The zero-order chi connectivity index (χ0) is 13.3. The van der Waals surface area contributed by atoms with Gasteiger partial charge in [-0.1, -0.05) is 6.92 Å². The molecule has 0 unspecified atom stereocenters. The van der Waals surface area contributed by atoms with Crippen LogP contribution in [-0.4, -0.2) is 6.61 Å². The Bertz CT molecular complexity index is 599. The summed E-state index contributed by atoms with van der Waals surface area (Å²) >= 11 is 3.22. The Labute approximate surface area is 111 Å². The fraction of sp³-hybridized carbons (Fsp3) is 0.231. The first-order chi connectivity index (χ1) is 8.56. The van der Waals surface area contributed by atoms with E-state index in [0.717, 1.165) is 12.5 Å². The monoisotopic (exact) mass is 318 g/mol. The van der Waals surface area contributed by atoms with Crippen LogP contribution in [0.15, 0.2) is 22.7 Å². The van der Waals surface area contributed by atoms with Crippen molar-refractivity contribution in [3.8, 4) is 5.75 Å². The molecule has 0 N–H and O–H groups in total. The van der Waals surface area contributed by atoms with Crippen LogP contribution in [-0.2, 0) is 0 Å². The molecule has 0 amide bonds. The first-order valence-electron chi connectivity index (χ1n) is 5.44. The van der Waals surface area contributed by atoms with Gasteiger partial charge in [0.2, 0.25) is 0 Å². The summed E-state index contributed by atoms with van der Waals surface area (Å²) in [5.74, 6) is -3.38. The molecule has 0 aliphatic rings. The van der Waals surface area contributed by atoms with Crippen molar-refractivity contribution in [1.29, 1.82) is 0 Å². The lowest BCUT2D eigenvalue weighted by molar-refractivity contribution is 0.316. The molecule has 0 fully saturated rings. The van der Waals surface area contributed by atoms with Crippen molar-refractivity contribution in [2.45, 2.75) is 13.3 Å². The lowest BCUT2D eigenvalue weighted by Crippen LogP contribution is -1.98. The Morgan fingerprint density at radius 1 is 1.11 bits per heavy atom. The second kappa shape index (κ2) is 5.18. The smallest absolute Gasteiger partial charge is 0.195 e. The molecule has 0 saturated heterocycles. The quantitative estimate of drug-likeness (QED) is 0.738. The second-order valence-electron chi connectivity index (χ2n) is 3.81. The molecule has 0 radical (unpaired) electrons. The van der Waals surface area contributed by atoms with E-state index < -0.39 is 17.5 Å². The SMILES string of the molecule is CCCOc1ccc2c(F)c(F)c(F)cc2c1Br. The summed E-state index contributed by atoms with van der Waals surface area (Å²) in [4.78, 5) is 0. The van der Waals surface area contributed by atoms with Crippen molar-refractivity contribution in [3.05, 3.63) is 40.1 Å². The van der Waals surface area contributed by atoms with Crippen LogP contribution in [0, 0.1) is 17.5 Å². The molecular weight excluding hydrogens is 309 g/mol. The van der Waals surface area contributed by atoms with E-state index in [1.54, 1.807) is 0 Å². The van der Waals surface area contributed by atoms with Gasteiger partial charge in [0, 0.05) is 10.8 Å². The summed E-state index contributed by atoms with van der Waals surface area (Å²) in [5, 5.41) is 0.268. The number of ether oxygens (including phenoxy) is 1. The van der Waals surface area contributed by atoms with Crippen LogP contribution in [0.3, 0.4) is 0 Å². The second-order valence-corrected chi connectivity index (χ2v) is 4.60. The Kier molecular flexibility index (Phi) is 3.80. The first-order valence-corrected chi connectivity index (χ1v) is 6.24. The van der Waals surface area contributed by atoms with E-state index in [9.17, 15) is 13.2 Å². The Hall–Kier alpha value is -1.23. The summed E-state index contributed by atoms with van der Waals surface area (Å²) in [6.07, 6.45) is 0.816. The lowest BCUT2D eigenvalue weighted by atomic mass is 10.1. The van der Waals surface area contributed by atoms with E-state index >= 15 is 0 Å². The highest BCUT2D eigenvalue weighted by Crippen LogP contribution is 2.35. The van der Waals surface area contributed by atoms with Gasteiger partial charge in [0.15, 0.2) is 17.5 Å². The van der Waals surface area contributed by atoms with E-state index in [1.165, 1.54) is 12.1 Å². The molecule has 2 aromatic rings. The fourth-order valence-corrected chi connectivity index (χ4v) is 2.22. The molecule has 96 valence electrons. The van der Waals surface area contributed by atoms with Gasteiger partial charge in [-0.25, -0.2) is 13.2 Å². The van der Waals surface area contributed by atoms with Crippen molar-refractivity contribution >= 4 is 26.7 Å². The maximum absolute atomic E-state index is 13.5. The predicted molar refractivity (Wildman–Crippen MR) is 67.3 cm³/mol. The maximum atomic E-state index is 13.5. The van der Waals surface area contributed by atoms with Gasteiger partial charge in [-0.2, -0.15) is 0 Å². The minimum absolute atomic E-state index is 0.0182. The highest BCUT2D eigenvalue weighted by atomic mass is 79.9. The predicted octanol–water partition coefficient (Wildman–Crippen LogP) is 4.81. The van der Waals surface area contributed by atoms with Crippen molar-refractivity contribution in [2.24, 2.45) is 0 Å². The van der Waals surface area contributed by atoms with Gasteiger partial charge in [-0.3, -0.25) is 0 Å². The topological polar surface area (TPSA) is 9.23 Å². The number of fused-ring (bicyclic) bond motifs is 1. The average Bonchev–Trinajstić information content (AvgIpc) is 2.36. The minimum Gasteiger partial charge on any atom is -0.492 e. The third-order valence-electron chi connectivity index (χ3n) is 2.52. The fourth-order valence-electron chi connectivity index (χ4n) is 1.64. The first kappa shape index (κ1) is 13.2. The molecule has 0 heterocycles. The number of rotatable bonds is 3. The van der Waals surface area contributed by atoms with E-state index in [4.69, 9.17) is 4.74 Å². The largest absolute Gasteiger partial charge is 0.492 e. The van der Waals surface area contributed by atoms with Crippen molar-refractivity contribution in [1.82, 2.24) is 0 Å². The molecule has 18 heavy (non-hydrogen) atoms. The van der Waals surface area contributed by atoms with Crippen LogP contribution in [0.2, 0.25) is 0 Å². The molecule has 0 saturated carbocycles. The van der Waals surface area contributed by atoms with Gasteiger partial charge >= 0.3 is 0 Å². The molecule has 1 nitrogen and oxygen atoms in total. The Morgan fingerprint density at radius 3 is 2.50 bits per heavy atom. The van der Waals surface area contributed by atoms with Crippen LogP contribution in [0.25, 0.3) is 10.8 Å². The van der Waals surface area contributed by atoms with Gasteiger partial charge < -0.3 is 4.74 Å². The third-order valence-corrected chi connectivity index (χ3v) is 3.33. The lowest BCUT2D eigenvalue weighted by Gasteiger charge is -2.10. The molecular formula is C13H10BrF3O. The molecule has 0 atom stereocenters. The minimum atomic E-state index is -1.46. The van der Waals surface area contributed by atoms with Gasteiger partial charge in [-0.15, -0.1) is 0 Å². The van der Waals surface area contributed by atoms with Crippen LogP contribution in [0.4, 0.5) is 13.2 Å². The zero-order valence-corrected chi connectivity index (χ0v) is 11.2. The van der Waals surface area contributed by atoms with Gasteiger partial charge in [0.05, 0.1) is 11.1 Å². The summed E-state index contributed by atoms with van der Waals surface area (Å²) in [7, 11) is 0. The van der Waals surface area contributed by atoms with Gasteiger partial charge in [0.1, 0.15) is 5.75 Å². The van der Waals surface area contributed by atoms with Gasteiger partial charge in [-0.05, 0) is 40.5 Å². The van der Waals surface area contributed by atoms with E-state index in [1.807, 2.05) is 6.92 Å². The molecule has 0 aromatic heterocycles. The molecule has 0 bridgehead atoms. The Balaban J connectivity index is 2.64. The molecule has 2 aromatic carbocycles. The summed E-state index contributed by atoms with van der Waals surface area (Å²) in [6.45, 7) is 2.44. The maximum Gasteiger partial charge on any atom is 0.195 e. The molecule has 0 aliphatic carbocycles. The zero-order valence-electron chi connectivity index (χ0n) is 9.57. The van der Waals surface area contributed by atoms with E-state index in [2.05, 4.69) is 15.9 Å². The number of hydrogen-bond donors (Lipinski definition) is 0. The van der Waals surface area contributed by atoms with Crippen molar-refractivity contribution in [2.75, 3.05) is 6.61 Å². The number of hydrogen-bond acceptors (Lipinski definition) is 1. The molecule has 0 spiro atoms. The van der Waals surface area contributed by atoms with Crippen LogP contribution in [0.1, 0.15) is 13.3 Å². The summed E-state index contributed by atoms with van der Waals surface area (Å²) in [6, 6.07) is 3.86. The van der Waals surface area contributed by atoms with E-state index in [-0.39, 0.29) is 10.8 Å². The van der Waals surface area contributed by atoms with Crippen LogP contribution >= 0.6 is 15.9 Å². The van der Waals surface area contributed by atoms with Crippen LogP contribution in [0.5, 0.6) is 5.75 Å². The van der Waals surface area contributed by atoms with Crippen LogP contribution < -0.4 is 4.74 Å². The van der Waals surface area contributed by atoms with Crippen molar-refractivity contribution < 1.29 is 17.9 Å². The standard InChI is InChI=1S/C13H10BrF3O/c1-2-5-18-10-4-3-7-8(11(10)14)6-9(15)13(17)12(7)16/h3-4,6H,2,5H2,1H3. The number of halogens is 4. The number of benzene rings is 2.